The summed E-state index contributed by atoms with van der Waals surface area (Å²) < 4.78 is 17.0. The van der Waals surface area contributed by atoms with Gasteiger partial charge in [0.15, 0.2) is 0 Å². The summed E-state index contributed by atoms with van der Waals surface area (Å²) in [5, 5.41) is 0. The van der Waals surface area contributed by atoms with Crippen LogP contribution in [0.1, 0.15) is 31.4 Å². The lowest BCUT2D eigenvalue weighted by atomic mass is 10.1. The summed E-state index contributed by atoms with van der Waals surface area (Å²) in [6, 6.07) is 5.58. The second-order valence-electron chi connectivity index (χ2n) is 3.86. The molecule has 0 fully saturated rings. The summed E-state index contributed by atoms with van der Waals surface area (Å²) >= 11 is 0. The van der Waals surface area contributed by atoms with E-state index in [1.807, 2.05) is 32.9 Å². The lowest BCUT2D eigenvalue weighted by molar-refractivity contribution is 0.377. The number of hydrogen-bond acceptors (Lipinski definition) is 2. The number of rotatable bonds is 5. The van der Waals surface area contributed by atoms with E-state index in [0.717, 1.165) is 17.5 Å². The summed E-state index contributed by atoms with van der Waals surface area (Å²) in [5.41, 5.74) is 2.10. The maximum Gasteiger partial charge on any atom is 0.376 e. The van der Waals surface area contributed by atoms with E-state index in [2.05, 4.69) is 0 Å². The highest BCUT2D eigenvalue weighted by atomic mass is 31.2. The monoisotopic (exact) mass is 242 g/mol. The van der Waals surface area contributed by atoms with Gasteiger partial charge in [0.25, 0.3) is 0 Å². The van der Waals surface area contributed by atoms with Gasteiger partial charge in [0.05, 0.1) is 6.16 Å². The van der Waals surface area contributed by atoms with Crippen LogP contribution in [0.15, 0.2) is 18.2 Å². The first-order valence-electron chi connectivity index (χ1n) is 5.60. The first kappa shape index (κ1) is 13.3. The molecule has 1 atom stereocenters. The minimum Gasteiger partial charge on any atom is -0.424 e. The Morgan fingerprint density at radius 3 is 2.62 bits per heavy atom. The Labute approximate surface area is 97.0 Å². The van der Waals surface area contributed by atoms with Gasteiger partial charge in [0.1, 0.15) is 5.75 Å². The quantitative estimate of drug-likeness (QED) is 0.803. The summed E-state index contributed by atoms with van der Waals surface area (Å²) in [7, 11) is -3.47. The summed E-state index contributed by atoms with van der Waals surface area (Å²) in [6.45, 7) is 5.86. The van der Waals surface area contributed by atoms with Gasteiger partial charge in [-0.15, -0.1) is 0 Å². The van der Waals surface area contributed by atoms with Crippen molar-refractivity contribution in [2.24, 2.45) is 0 Å². The maximum absolute atomic E-state index is 11.7. The minimum atomic E-state index is -3.47. The topological polar surface area (TPSA) is 46.5 Å². The Morgan fingerprint density at radius 1 is 1.38 bits per heavy atom. The average Bonchev–Trinajstić information content (AvgIpc) is 2.17. The molecule has 4 heteroatoms. The molecular weight excluding hydrogens is 223 g/mol. The van der Waals surface area contributed by atoms with Gasteiger partial charge in [-0.2, -0.15) is 0 Å². The molecule has 1 unspecified atom stereocenters. The number of aryl methyl sites for hydroxylation is 1. The van der Waals surface area contributed by atoms with Gasteiger partial charge in [-0.25, -0.2) is 4.57 Å². The van der Waals surface area contributed by atoms with Crippen molar-refractivity contribution in [1.82, 2.24) is 0 Å². The van der Waals surface area contributed by atoms with Crippen molar-refractivity contribution in [1.29, 1.82) is 0 Å². The normalized spacial score (nSPS) is 14.5. The molecule has 0 aliphatic heterocycles. The first-order valence-corrected chi connectivity index (χ1v) is 7.36. The predicted octanol–water partition coefficient (Wildman–Crippen LogP) is 3.53. The van der Waals surface area contributed by atoms with Crippen LogP contribution in [0.25, 0.3) is 0 Å². The fraction of sp³-hybridized carbons (Fsp3) is 0.500. The molecule has 0 aliphatic carbocycles. The van der Waals surface area contributed by atoms with Crippen LogP contribution in [0.3, 0.4) is 0 Å². The summed E-state index contributed by atoms with van der Waals surface area (Å²) in [6.07, 6.45) is 1.64. The molecule has 1 aromatic rings. The largest absolute Gasteiger partial charge is 0.424 e. The van der Waals surface area contributed by atoms with Crippen LogP contribution in [0.4, 0.5) is 0 Å². The van der Waals surface area contributed by atoms with Crippen LogP contribution in [0, 0.1) is 6.92 Å². The summed E-state index contributed by atoms with van der Waals surface area (Å²) in [5.74, 6) is 0.543. The smallest absolute Gasteiger partial charge is 0.376 e. The highest BCUT2D eigenvalue weighted by Crippen LogP contribution is 2.44. The molecule has 0 aliphatic rings. The molecule has 0 heterocycles. The fourth-order valence-corrected chi connectivity index (χ4v) is 2.83. The minimum absolute atomic E-state index is 0.199. The van der Waals surface area contributed by atoms with Crippen LogP contribution < -0.4 is 4.52 Å². The molecule has 0 amide bonds. The van der Waals surface area contributed by atoms with Crippen LogP contribution in [0.2, 0.25) is 0 Å². The van der Waals surface area contributed by atoms with Crippen LogP contribution in [0.5, 0.6) is 5.75 Å². The zero-order chi connectivity index (χ0) is 12.2. The van der Waals surface area contributed by atoms with E-state index in [9.17, 15) is 9.46 Å². The molecule has 1 rings (SSSR count). The molecular formula is C12H19O3P. The van der Waals surface area contributed by atoms with Crippen LogP contribution in [-0.4, -0.2) is 11.1 Å². The van der Waals surface area contributed by atoms with Gasteiger partial charge in [0.2, 0.25) is 0 Å². The van der Waals surface area contributed by atoms with E-state index in [1.165, 1.54) is 0 Å². The van der Waals surface area contributed by atoms with Gasteiger partial charge in [-0.1, -0.05) is 26.0 Å². The SMILES string of the molecule is CCCP(=O)(O)Oc1cccc(C)c1CC. The van der Waals surface area contributed by atoms with Crippen molar-refractivity contribution in [2.75, 3.05) is 6.16 Å². The van der Waals surface area contributed by atoms with Gasteiger partial charge in [-0.05, 0) is 37.0 Å². The van der Waals surface area contributed by atoms with Gasteiger partial charge in [0, 0.05) is 0 Å². The molecule has 16 heavy (non-hydrogen) atoms. The zero-order valence-corrected chi connectivity index (χ0v) is 11.0. The van der Waals surface area contributed by atoms with Crippen LogP contribution >= 0.6 is 7.60 Å². The van der Waals surface area contributed by atoms with Crippen molar-refractivity contribution in [2.45, 2.75) is 33.6 Å². The Kier molecular flexibility index (Phi) is 4.57. The van der Waals surface area contributed by atoms with Crippen molar-refractivity contribution in [3.8, 4) is 5.75 Å². The Hall–Kier alpha value is -0.790. The van der Waals surface area contributed by atoms with E-state index in [-0.39, 0.29) is 6.16 Å². The molecule has 3 nitrogen and oxygen atoms in total. The van der Waals surface area contributed by atoms with E-state index in [4.69, 9.17) is 4.52 Å². The number of hydrogen-bond donors (Lipinski definition) is 1. The highest BCUT2D eigenvalue weighted by Gasteiger charge is 2.20. The first-order chi connectivity index (χ1) is 7.50. The second kappa shape index (κ2) is 5.51. The van der Waals surface area contributed by atoms with Gasteiger partial charge in [-0.3, -0.25) is 0 Å². The molecule has 0 saturated carbocycles. The third-order valence-corrected chi connectivity index (χ3v) is 3.96. The zero-order valence-electron chi connectivity index (χ0n) is 10.1. The van der Waals surface area contributed by atoms with E-state index < -0.39 is 7.60 Å². The molecule has 0 spiro atoms. The predicted molar refractivity (Wildman–Crippen MR) is 66.2 cm³/mol. The third-order valence-electron chi connectivity index (χ3n) is 2.47. The highest BCUT2D eigenvalue weighted by molar-refractivity contribution is 7.53. The molecule has 0 saturated heterocycles. The molecule has 0 aromatic heterocycles. The van der Waals surface area contributed by atoms with E-state index >= 15 is 0 Å². The Bertz CT molecular complexity index is 401. The Balaban J connectivity index is 2.97. The lowest BCUT2D eigenvalue weighted by Gasteiger charge is -2.16. The average molecular weight is 242 g/mol. The molecule has 0 bridgehead atoms. The molecule has 0 radical (unpaired) electrons. The maximum atomic E-state index is 11.7. The van der Waals surface area contributed by atoms with Crippen LogP contribution in [-0.2, 0) is 11.0 Å². The van der Waals surface area contributed by atoms with Crippen molar-refractivity contribution >= 4 is 7.60 Å². The van der Waals surface area contributed by atoms with Crippen molar-refractivity contribution in [3.63, 3.8) is 0 Å². The van der Waals surface area contributed by atoms with Gasteiger partial charge < -0.3 is 9.42 Å². The van der Waals surface area contributed by atoms with Gasteiger partial charge >= 0.3 is 7.60 Å². The van der Waals surface area contributed by atoms with E-state index in [0.29, 0.717) is 12.2 Å². The molecule has 1 aromatic carbocycles. The van der Waals surface area contributed by atoms with Crippen molar-refractivity contribution < 1.29 is 14.0 Å². The fourth-order valence-electron chi connectivity index (χ4n) is 1.70. The van der Waals surface area contributed by atoms with E-state index in [1.54, 1.807) is 6.07 Å². The standard InChI is InChI=1S/C12H19O3P/c1-4-9-16(13,14)15-12-8-6-7-10(3)11(12)5-2/h6-8H,4-5,9H2,1-3H3,(H,13,14). The number of benzene rings is 1. The van der Waals surface area contributed by atoms with Crippen molar-refractivity contribution in [3.05, 3.63) is 29.3 Å². The lowest BCUT2D eigenvalue weighted by Crippen LogP contribution is -2.00. The molecule has 90 valence electrons. The third kappa shape index (κ3) is 3.36. The summed E-state index contributed by atoms with van der Waals surface area (Å²) in [4.78, 5) is 9.61. The molecule has 1 N–H and O–H groups in total. The second-order valence-corrected chi connectivity index (χ2v) is 5.76. The Morgan fingerprint density at radius 2 is 2.06 bits per heavy atom.